The monoisotopic (exact) mass is 424 g/mol. The fourth-order valence-electron chi connectivity index (χ4n) is 3.16. The number of amides is 2. The molecule has 0 fully saturated rings. The Morgan fingerprint density at radius 1 is 1.26 bits per heavy atom. The SMILES string of the molecule is CCN(/N=C(/C)c1ccc2nnc(Cc3c(F)cc4ncccc4c3F)n2n1)C(N)=O. The molecule has 0 bridgehead atoms. The third-order valence-corrected chi connectivity index (χ3v) is 4.75. The van der Waals surface area contributed by atoms with Gasteiger partial charge in [0, 0.05) is 36.2 Å². The van der Waals surface area contributed by atoms with Gasteiger partial charge in [-0.25, -0.2) is 18.6 Å². The largest absolute Gasteiger partial charge is 0.350 e. The van der Waals surface area contributed by atoms with Gasteiger partial charge in [-0.15, -0.1) is 10.2 Å². The molecule has 9 nitrogen and oxygen atoms in total. The average Bonchev–Trinajstić information content (AvgIpc) is 3.16. The summed E-state index contributed by atoms with van der Waals surface area (Å²) in [4.78, 5) is 15.4. The van der Waals surface area contributed by atoms with Gasteiger partial charge in [-0.1, -0.05) is 0 Å². The molecule has 0 saturated heterocycles. The molecule has 0 atom stereocenters. The smallest absolute Gasteiger partial charge is 0.335 e. The minimum Gasteiger partial charge on any atom is -0.350 e. The van der Waals surface area contributed by atoms with Crippen LogP contribution in [-0.4, -0.2) is 48.1 Å². The van der Waals surface area contributed by atoms with Crippen LogP contribution >= 0.6 is 0 Å². The Hall–Kier alpha value is -4.02. The molecule has 11 heteroatoms. The topological polar surface area (TPSA) is 115 Å². The summed E-state index contributed by atoms with van der Waals surface area (Å²) in [6, 6.07) is 6.93. The molecule has 0 radical (unpaired) electrons. The van der Waals surface area contributed by atoms with Gasteiger partial charge >= 0.3 is 6.03 Å². The van der Waals surface area contributed by atoms with Crippen LogP contribution in [0.4, 0.5) is 13.6 Å². The molecule has 0 aliphatic heterocycles. The summed E-state index contributed by atoms with van der Waals surface area (Å²) in [5.74, 6) is -1.18. The Balaban J connectivity index is 1.75. The van der Waals surface area contributed by atoms with Crippen LogP contribution in [0.15, 0.2) is 41.6 Å². The molecule has 1 aromatic carbocycles. The molecule has 0 saturated carbocycles. The van der Waals surface area contributed by atoms with Crippen molar-refractivity contribution < 1.29 is 13.6 Å². The van der Waals surface area contributed by atoms with Gasteiger partial charge in [0.25, 0.3) is 0 Å². The third kappa shape index (κ3) is 3.77. The van der Waals surface area contributed by atoms with E-state index in [9.17, 15) is 13.6 Å². The van der Waals surface area contributed by atoms with Crippen LogP contribution in [0.2, 0.25) is 0 Å². The number of hydrogen-bond donors (Lipinski definition) is 1. The van der Waals surface area contributed by atoms with Gasteiger partial charge in [0.05, 0.1) is 11.2 Å². The fourth-order valence-corrected chi connectivity index (χ4v) is 3.16. The lowest BCUT2D eigenvalue weighted by atomic mass is 10.1. The standard InChI is InChI=1S/C20H18F2N8O/c1-3-29(20(23)31)27-11(2)15-6-7-17-25-26-18(30(17)28-15)9-13-14(21)10-16-12(19(13)22)5-4-8-24-16/h4-8,10H,3,9H2,1-2H3,(H2,23,31)/b27-11-. The number of benzene rings is 1. The molecule has 4 rings (SSSR count). The summed E-state index contributed by atoms with van der Waals surface area (Å²) in [6.45, 7) is 3.69. The second-order valence-electron chi connectivity index (χ2n) is 6.74. The first-order valence-corrected chi connectivity index (χ1v) is 9.44. The van der Waals surface area contributed by atoms with Crippen molar-refractivity contribution in [3.63, 3.8) is 0 Å². The van der Waals surface area contributed by atoms with E-state index in [1.807, 2.05) is 0 Å². The summed E-state index contributed by atoms with van der Waals surface area (Å²) in [5.41, 5.74) is 6.62. The number of fused-ring (bicyclic) bond motifs is 2. The Labute approximate surface area is 175 Å². The molecule has 0 spiro atoms. The zero-order valence-corrected chi connectivity index (χ0v) is 16.8. The molecule has 0 aliphatic carbocycles. The van der Waals surface area contributed by atoms with Crippen LogP contribution in [-0.2, 0) is 6.42 Å². The van der Waals surface area contributed by atoms with Crippen LogP contribution in [0.5, 0.6) is 0 Å². The van der Waals surface area contributed by atoms with Gasteiger partial charge < -0.3 is 5.73 Å². The minimum atomic E-state index is -0.727. The number of carbonyl (C=O) groups excluding carboxylic acids is 1. The van der Waals surface area contributed by atoms with Crippen LogP contribution in [0.3, 0.4) is 0 Å². The second kappa shape index (κ2) is 8.01. The van der Waals surface area contributed by atoms with Gasteiger partial charge in [0.1, 0.15) is 17.3 Å². The molecule has 2 amide bonds. The number of halogens is 2. The number of pyridine rings is 1. The summed E-state index contributed by atoms with van der Waals surface area (Å²) in [6.07, 6.45) is 1.30. The zero-order chi connectivity index (χ0) is 22.1. The first-order valence-electron chi connectivity index (χ1n) is 9.44. The Morgan fingerprint density at radius 3 is 2.81 bits per heavy atom. The highest BCUT2D eigenvalue weighted by molar-refractivity contribution is 5.97. The second-order valence-corrected chi connectivity index (χ2v) is 6.74. The van der Waals surface area contributed by atoms with Crippen molar-refractivity contribution in [3.05, 3.63) is 65.2 Å². The van der Waals surface area contributed by atoms with E-state index in [-0.39, 0.29) is 28.7 Å². The van der Waals surface area contributed by atoms with Crippen LogP contribution in [0.1, 0.15) is 30.9 Å². The molecule has 2 N–H and O–H groups in total. The maximum Gasteiger partial charge on any atom is 0.335 e. The average molecular weight is 424 g/mol. The number of nitrogens with two attached hydrogens (primary N) is 1. The maximum atomic E-state index is 15.0. The summed E-state index contributed by atoms with van der Waals surface area (Å²) < 4.78 is 31.0. The molecule has 31 heavy (non-hydrogen) atoms. The van der Waals surface area contributed by atoms with Gasteiger partial charge in [0.15, 0.2) is 11.5 Å². The fraction of sp³-hybridized carbons (Fsp3) is 0.200. The number of nitrogens with zero attached hydrogens (tertiary/aromatic N) is 7. The van der Waals surface area contributed by atoms with Crippen LogP contribution < -0.4 is 5.73 Å². The molecule has 158 valence electrons. The van der Waals surface area contributed by atoms with E-state index in [1.165, 1.54) is 22.8 Å². The number of carbonyl (C=O) groups is 1. The number of hydrazone groups is 1. The van der Waals surface area contributed by atoms with Crippen molar-refractivity contribution in [2.24, 2.45) is 10.8 Å². The van der Waals surface area contributed by atoms with E-state index in [0.717, 1.165) is 5.01 Å². The summed E-state index contributed by atoms with van der Waals surface area (Å²) >= 11 is 0. The van der Waals surface area contributed by atoms with Crippen molar-refractivity contribution >= 4 is 28.3 Å². The van der Waals surface area contributed by atoms with E-state index in [4.69, 9.17) is 5.73 Å². The van der Waals surface area contributed by atoms with E-state index in [2.05, 4.69) is 25.4 Å². The van der Waals surface area contributed by atoms with Crippen LogP contribution in [0.25, 0.3) is 16.6 Å². The highest BCUT2D eigenvalue weighted by Crippen LogP contribution is 2.24. The van der Waals surface area contributed by atoms with E-state index in [0.29, 0.717) is 23.6 Å². The Morgan fingerprint density at radius 2 is 2.06 bits per heavy atom. The molecule has 4 aromatic rings. The quantitative estimate of drug-likeness (QED) is 0.391. The minimum absolute atomic E-state index is 0.154. The summed E-state index contributed by atoms with van der Waals surface area (Å²) in [7, 11) is 0. The predicted molar refractivity (Wildman–Crippen MR) is 109 cm³/mol. The van der Waals surface area contributed by atoms with E-state index >= 15 is 0 Å². The normalized spacial score (nSPS) is 11.9. The molecular weight excluding hydrogens is 406 g/mol. The molecule has 0 unspecified atom stereocenters. The van der Waals surface area contributed by atoms with Gasteiger partial charge in [-0.3, -0.25) is 4.98 Å². The van der Waals surface area contributed by atoms with E-state index < -0.39 is 17.7 Å². The van der Waals surface area contributed by atoms with Gasteiger partial charge in [-0.2, -0.15) is 14.7 Å². The first kappa shape index (κ1) is 20.3. The first-order chi connectivity index (χ1) is 14.9. The zero-order valence-electron chi connectivity index (χ0n) is 16.8. The van der Waals surface area contributed by atoms with Crippen molar-refractivity contribution in [1.29, 1.82) is 0 Å². The number of primary amides is 1. The molecular formula is C20H18F2N8O. The van der Waals surface area contributed by atoms with Gasteiger partial charge in [0.2, 0.25) is 0 Å². The molecule has 3 aromatic heterocycles. The Bertz CT molecular complexity index is 1330. The highest BCUT2D eigenvalue weighted by atomic mass is 19.1. The predicted octanol–water partition coefficient (Wildman–Crippen LogP) is 2.67. The lowest BCUT2D eigenvalue weighted by Crippen LogP contribution is -2.32. The lowest BCUT2D eigenvalue weighted by molar-refractivity contribution is 0.212. The molecule has 3 heterocycles. The van der Waals surface area contributed by atoms with Gasteiger partial charge in [-0.05, 0) is 38.1 Å². The van der Waals surface area contributed by atoms with Crippen molar-refractivity contribution in [3.8, 4) is 0 Å². The maximum absolute atomic E-state index is 15.0. The highest BCUT2D eigenvalue weighted by Gasteiger charge is 2.18. The van der Waals surface area contributed by atoms with Crippen molar-refractivity contribution in [1.82, 2.24) is 29.8 Å². The number of aromatic nitrogens is 5. The summed E-state index contributed by atoms with van der Waals surface area (Å²) in [5, 5.41) is 18.0. The van der Waals surface area contributed by atoms with Crippen molar-refractivity contribution in [2.45, 2.75) is 20.3 Å². The van der Waals surface area contributed by atoms with Crippen LogP contribution in [0, 0.1) is 11.6 Å². The number of hydrogen-bond acceptors (Lipinski definition) is 6. The molecule has 0 aliphatic rings. The number of urea groups is 1. The third-order valence-electron chi connectivity index (χ3n) is 4.75. The number of rotatable bonds is 5. The van der Waals surface area contributed by atoms with Crippen molar-refractivity contribution in [2.75, 3.05) is 6.54 Å². The van der Waals surface area contributed by atoms with E-state index in [1.54, 1.807) is 32.0 Å². The Kier molecular flexibility index (Phi) is 5.24. The lowest BCUT2D eigenvalue weighted by Gasteiger charge is -2.12.